The number of fused-ring (bicyclic) bond motifs is 1. The van der Waals surface area contributed by atoms with Gasteiger partial charge in [0, 0.05) is 10.7 Å². The van der Waals surface area contributed by atoms with Gasteiger partial charge in [-0.3, -0.25) is 0 Å². The van der Waals surface area contributed by atoms with E-state index in [0.29, 0.717) is 5.52 Å². The zero-order valence-corrected chi connectivity index (χ0v) is 10.8. The van der Waals surface area contributed by atoms with Crippen LogP contribution in [0.15, 0.2) is 27.4 Å². The van der Waals surface area contributed by atoms with E-state index in [1.165, 1.54) is 35.2 Å². The average Bonchev–Trinajstić information content (AvgIpc) is 2.57. The molecule has 0 aliphatic rings. The van der Waals surface area contributed by atoms with Crippen LogP contribution in [-0.2, 0) is 9.05 Å². The molecule has 0 radical (unpaired) electrons. The van der Waals surface area contributed by atoms with E-state index in [9.17, 15) is 8.42 Å². The summed E-state index contributed by atoms with van der Waals surface area (Å²) in [5.74, 6) is 0. The van der Waals surface area contributed by atoms with Crippen molar-refractivity contribution in [2.45, 2.75) is 9.24 Å². The summed E-state index contributed by atoms with van der Waals surface area (Å²) in [7, 11) is 1.58. The lowest BCUT2D eigenvalue weighted by atomic mass is 10.3. The van der Waals surface area contributed by atoms with Crippen molar-refractivity contribution in [2.24, 2.45) is 0 Å². The zero-order chi connectivity index (χ0) is 11.1. The molecule has 0 bridgehead atoms. The van der Waals surface area contributed by atoms with Gasteiger partial charge in [-0.25, -0.2) is 13.4 Å². The topological polar surface area (TPSA) is 47.0 Å². The Balaban J connectivity index is 2.66. The number of thioether (sulfide) groups is 1. The molecule has 7 heteroatoms. The van der Waals surface area contributed by atoms with E-state index in [1.807, 2.05) is 6.26 Å². The summed E-state index contributed by atoms with van der Waals surface area (Å²) in [5.41, 5.74) is 0.672. The maximum atomic E-state index is 11.1. The van der Waals surface area contributed by atoms with E-state index in [1.54, 1.807) is 6.07 Å². The first-order valence-corrected chi connectivity index (χ1v) is 8.25. The summed E-state index contributed by atoms with van der Waals surface area (Å²) in [6.45, 7) is 0. The van der Waals surface area contributed by atoms with Gasteiger partial charge < -0.3 is 0 Å². The number of halogens is 1. The lowest BCUT2D eigenvalue weighted by Gasteiger charge is -1.94. The molecule has 0 amide bonds. The van der Waals surface area contributed by atoms with Crippen LogP contribution in [0.2, 0.25) is 0 Å². The van der Waals surface area contributed by atoms with Gasteiger partial charge in [0.05, 0.1) is 15.1 Å². The van der Waals surface area contributed by atoms with Gasteiger partial charge in [-0.05, 0) is 24.5 Å². The van der Waals surface area contributed by atoms with Crippen LogP contribution in [0.4, 0.5) is 0 Å². The first-order valence-electron chi connectivity index (χ1n) is 3.90. The summed E-state index contributed by atoms with van der Waals surface area (Å²) in [5, 5.41) is 0. The Hall–Kier alpha value is -0.300. The highest BCUT2D eigenvalue weighted by Gasteiger charge is 2.12. The second-order valence-electron chi connectivity index (χ2n) is 2.75. The molecular weight excluding hydrogens is 274 g/mol. The smallest absolute Gasteiger partial charge is 0.230 e. The van der Waals surface area contributed by atoms with Crippen molar-refractivity contribution in [2.75, 3.05) is 6.26 Å². The van der Waals surface area contributed by atoms with Crippen LogP contribution in [0.3, 0.4) is 0 Å². The third-order valence-corrected chi connectivity index (χ3v) is 5.17. The third-order valence-electron chi connectivity index (χ3n) is 1.80. The maximum Gasteiger partial charge on any atom is 0.261 e. The molecule has 0 N–H and O–H groups in total. The second kappa shape index (κ2) is 3.93. The normalized spacial score (nSPS) is 12.1. The van der Waals surface area contributed by atoms with Gasteiger partial charge in [-0.2, -0.15) is 0 Å². The quantitative estimate of drug-likeness (QED) is 0.626. The second-order valence-corrected chi connectivity index (χ2v) is 7.40. The predicted octanol–water partition coefficient (Wildman–Crippen LogP) is 2.95. The fourth-order valence-corrected chi connectivity index (χ4v) is 3.37. The third kappa shape index (κ3) is 2.28. The summed E-state index contributed by atoms with van der Waals surface area (Å²) >= 11 is 3.06. The molecule has 3 nitrogen and oxygen atoms in total. The largest absolute Gasteiger partial charge is 0.261 e. The fraction of sp³-hybridized carbons (Fsp3) is 0.125. The first-order chi connectivity index (χ1) is 7.00. The van der Waals surface area contributed by atoms with Crippen LogP contribution in [0, 0.1) is 0 Å². The Morgan fingerprint density at radius 1 is 1.47 bits per heavy atom. The summed E-state index contributed by atoms with van der Waals surface area (Å²) in [6, 6.07) is 4.71. The minimum atomic E-state index is -3.66. The van der Waals surface area contributed by atoms with Gasteiger partial charge in [0.15, 0.2) is 4.34 Å². The van der Waals surface area contributed by atoms with Crippen molar-refractivity contribution in [3.63, 3.8) is 0 Å². The minimum Gasteiger partial charge on any atom is -0.230 e. The number of nitrogens with zero attached hydrogens (tertiary/aromatic N) is 1. The summed E-state index contributed by atoms with van der Waals surface area (Å²) in [4.78, 5) is 4.36. The standard InChI is InChI=1S/C8H6ClNO2S3/c1-13-8-10-6-4-5(15(9,11)12)2-3-7(6)14-8/h2-4H,1H3. The molecule has 0 aliphatic carbocycles. The molecule has 0 spiro atoms. The van der Waals surface area contributed by atoms with Crippen molar-refractivity contribution in [3.8, 4) is 0 Å². The number of aromatic nitrogens is 1. The molecular formula is C8H6ClNO2S3. The van der Waals surface area contributed by atoms with Gasteiger partial charge in [0.2, 0.25) is 0 Å². The highest BCUT2D eigenvalue weighted by Crippen LogP contribution is 2.30. The van der Waals surface area contributed by atoms with E-state index in [-0.39, 0.29) is 4.90 Å². The maximum absolute atomic E-state index is 11.1. The van der Waals surface area contributed by atoms with Gasteiger partial charge in [-0.1, -0.05) is 11.8 Å². The minimum absolute atomic E-state index is 0.0922. The molecule has 15 heavy (non-hydrogen) atoms. The Morgan fingerprint density at radius 2 is 2.20 bits per heavy atom. The SMILES string of the molecule is CSc1nc2cc(S(=O)(=O)Cl)ccc2s1. The van der Waals surface area contributed by atoms with Crippen molar-refractivity contribution in [1.82, 2.24) is 4.98 Å². The van der Waals surface area contributed by atoms with E-state index < -0.39 is 9.05 Å². The predicted molar refractivity (Wildman–Crippen MR) is 64.4 cm³/mol. The van der Waals surface area contributed by atoms with E-state index >= 15 is 0 Å². The Morgan fingerprint density at radius 3 is 2.80 bits per heavy atom. The Kier molecular flexibility index (Phi) is 2.94. The molecule has 0 aliphatic heterocycles. The van der Waals surface area contributed by atoms with Gasteiger partial charge >= 0.3 is 0 Å². The highest BCUT2D eigenvalue weighted by molar-refractivity contribution is 8.13. The van der Waals surface area contributed by atoms with Gasteiger partial charge in [0.25, 0.3) is 9.05 Å². The number of rotatable bonds is 2. The number of benzene rings is 1. The molecule has 1 aromatic carbocycles. The molecule has 0 saturated carbocycles. The zero-order valence-electron chi connectivity index (χ0n) is 7.60. The molecule has 1 heterocycles. The monoisotopic (exact) mass is 279 g/mol. The van der Waals surface area contributed by atoms with Crippen LogP contribution >= 0.6 is 33.8 Å². The fourth-order valence-electron chi connectivity index (χ4n) is 1.13. The van der Waals surface area contributed by atoms with Gasteiger partial charge in [-0.15, -0.1) is 11.3 Å². The Labute approximate surface area is 99.9 Å². The number of thiazole rings is 1. The molecule has 2 rings (SSSR count). The van der Waals surface area contributed by atoms with Crippen LogP contribution in [0.25, 0.3) is 10.2 Å². The number of hydrogen-bond acceptors (Lipinski definition) is 5. The van der Waals surface area contributed by atoms with Crippen molar-refractivity contribution < 1.29 is 8.42 Å². The highest BCUT2D eigenvalue weighted by atomic mass is 35.7. The first kappa shape index (κ1) is 11.2. The van der Waals surface area contributed by atoms with E-state index in [0.717, 1.165) is 9.04 Å². The van der Waals surface area contributed by atoms with E-state index in [4.69, 9.17) is 10.7 Å². The molecule has 0 saturated heterocycles. The van der Waals surface area contributed by atoms with Crippen LogP contribution in [0.5, 0.6) is 0 Å². The van der Waals surface area contributed by atoms with Crippen molar-refractivity contribution >= 4 is 53.0 Å². The lowest BCUT2D eigenvalue weighted by molar-refractivity contribution is 0.609. The van der Waals surface area contributed by atoms with Crippen LogP contribution < -0.4 is 0 Å². The number of hydrogen-bond donors (Lipinski definition) is 0. The van der Waals surface area contributed by atoms with Crippen LogP contribution in [-0.4, -0.2) is 19.7 Å². The molecule has 0 fully saturated rings. The van der Waals surface area contributed by atoms with Crippen molar-refractivity contribution in [1.29, 1.82) is 0 Å². The molecule has 2 aromatic rings. The van der Waals surface area contributed by atoms with Crippen molar-refractivity contribution in [3.05, 3.63) is 18.2 Å². The molecule has 1 aromatic heterocycles. The summed E-state index contributed by atoms with van der Waals surface area (Å²) in [6.07, 6.45) is 1.93. The molecule has 0 atom stereocenters. The van der Waals surface area contributed by atoms with Gasteiger partial charge in [0.1, 0.15) is 0 Å². The van der Waals surface area contributed by atoms with Crippen LogP contribution in [0.1, 0.15) is 0 Å². The molecule has 0 unspecified atom stereocenters. The average molecular weight is 280 g/mol. The summed E-state index contributed by atoms with van der Waals surface area (Å²) < 4.78 is 24.1. The Bertz CT molecular complexity index is 605. The van der Waals surface area contributed by atoms with E-state index in [2.05, 4.69) is 4.98 Å². The lowest BCUT2D eigenvalue weighted by Crippen LogP contribution is -1.89. The molecule has 80 valence electrons.